The highest BCUT2D eigenvalue weighted by molar-refractivity contribution is 6.09. The molecular formula is C24H31NO3. The minimum Gasteiger partial charge on any atom is -0.465 e. The molecule has 150 valence electrons. The van der Waals surface area contributed by atoms with Gasteiger partial charge in [-0.25, -0.2) is 0 Å². The molecule has 4 heteroatoms. The van der Waals surface area contributed by atoms with Crippen LogP contribution in [0.3, 0.4) is 0 Å². The summed E-state index contributed by atoms with van der Waals surface area (Å²) in [6, 6.07) is 8.31. The van der Waals surface area contributed by atoms with Crippen molar-refractivity contribution in [1.29, 1.82) is 0 Å². The number of ether oxygens (including phenoxy) is 1. The van der Waals surface area contributed by atoms with Crippen molar-refractivity contribution >= 4 is 17.5 Å². The number of allylic oxidation sites excluding steroid dienone is 2. The van der Waals surface area contributed by atoms with Gasteiger partial charge in [-0.15, -0.1) is 0 Å². The number of hydrogen-bond acceptors (Lipinski definition) is 4. The molecule has 0 saturated heterocycles. The number of esters is 1. The van der Waals surface area contributed by atoms with E-state index in [4.69, 9.17) is 9.73 Å². The number of aliphatic imine (C=N–C) groups is 1. The van der Waals surface area contributed by atoms with Crippen molar-refractivity contribution in [2.75, 3.05) is 6.61 Å². The summed E-state index contributed by atoms with van der Waals surface area (Å²) in [7, 11) is 0. The average Bonchev–Trinajstić information content (AvgIpc) is 2.59. The Hall–Kier alpha value is -2.23. The molecule has 1 aliphatic heterocycles. The van der Waals surface area contributed by atoms with E-state index in [1.165, 1.54) is 5.56 Å². The van der Waals surface area contributed by atoms with Gasteiger partial charge >= 0.3 is 5.97 Å². The van der Waals surface area contributed by atoms with E-state index in [0.29, 0.717) is 24.5 Å². The van der Waals surface area contributed by atoms with Crippen molar-refractivity contribution in [3.05, 3.63) is 46.7 Å². The fourth-order valence-corrected chi connectivity index (χ4v) is 4.43. The van der Waals surface area contributed by atoms with E-state index in [9.17, 15) is 9.59 Å². The second-order valence-electron chi connectivity index (χ2n) is 9.08. The molecule has 0 bridgehead atoms. The van der Waals surface area contributed by atoms with Crippen LogP contribution < -0.4 is 0 Å². The Morgan fingerprint density at radius 3 is 2.43 bits per heavy atom. The summed E-state index contributed by atoms with van der Waals surface area (Å²) < 4.78 is 5.37. The van der Waals surface area contributed by atoms with Crippen molar-refractivity contribution in [2.24, 2.45) is 16.3 Å². The van der Waals surface area contributed by atoms with E-state index in [0.717, 1.165) is 23.4 Å². The normalized spacial score (nSPS) is 24.1. The number of rotatable bonds is 4. The Kier molecular flexibility index (Phi) is 5.60. The van der Waals surface area contributed by atoms with Gasteiger partial charge < -0.3 is 4.74 Å². The van der Waals surface area contributed by atoms with Crippen LogP contribution in [0, 0.1) is 11.3 Å². The molecule has 0 radical (unpaired) electrons. The molecule has 3 rings (SSSR count). The Balaban J connectivity index is 2.14. The zero-order valence-corrected chi connectivity index (χ0v) is 17.8. The van der Waals surface area contributed by atoms with Gasteiger partial charge in [0.05, 0.1) is 6.61 Å². The molecule has 0 spiro atoms. The zero-order valence-electron chi connectivity index (χ0n) is 17.8. The first kappa shape index (κ1) is 20.5. The number of hydrogen-bond donors (Lipinski definition) is 0. The summed E-state index contributed by atoms with van der Waals surface area (Å²) in [5, 5.41) is 0. The molecule has 2 unspecified atom stereocenters. The maximum atomic E-state index is 13.2. The first-order chi connectivity index (χ1) is 13.1. The number of ketones is 1. The van der Waals surface area contributed by atoms with Gasteiger partial charge in [0, 0.05) is 29.3 Å². The molecule has 0 N–H and O–H groups in total. The van der Waals surface area contributed by atoms with Crippen LogP contribution in [0.4, 0.5) is 0 Å². The Labute approximate surface area is 168 Å². The minimum atomic E-state index is -0.547. The smallest absolute Gasteiger partial charge is 0.315 e. The van der Waals surface area contributed by atoms with E-state index in [1.807, 2.05) is 6.92 Å². The molecule has 1 aromatic rings. The molecule has 28 heavy (non-hydrogen) atoms. The van der Waals surface area contributed by atoms with Gasteiger partial charge in [0.25, 0.3) is 0 Å². The lowest BCUT2D eigenvalue weighted by Crippen LogP contribution is -2.39. The highest BCUT2D eigenvalue weighted by atomic mass is 16.5. The highest BCUT2D eigenvalue weighted by Gasteiger charge is 2.45. The topological polar surface area (TPSA) is 55.7 Å². The van der Waals surface area contributed by atoms with E-state index >= 15 is 0 Å². The van der Waals surface area contributed by atoms with Gasteiger partial charge in [-0.05, 0) is 42.7 Å². The first-order valence-electron chi connectivity index (χ1n) is 10.2. The summed E-state index contributed by atoms with van der Waals surface area (Å²) in [5.74, 6) is -0.637. The number of Topliss-reactive ketones (excluding diaryl/α,β-unsaturated/α-hetero) is 1. The second kappa shape index (κ2) is 7.65. The van der Waals surface area contributed by atoms with Crippen LogP contribution in [-0.2, 0) is 14.3 Å². The lowest BCUT2D eigenvalue weighted by atomic mass is 9.67. The molecule has 2 aliphatic rings. The van der Waals surface area contributed by atoms with Gasteiger partial charge in [-0.1, -0.05) is 52.0 Å². The molecule has 1 aromatic carbocycles. The third kappa shape index (κ3) is 3.82. The number of carbonyl (C=O) groups excluding carboxylic acids is 2. The first-order valence-corrected chi connectivity index (χ1v) is 10.2. The van der Waals surface area contributed by atoms with Gasteiger partial charge in [0.1, 0.15) is 5.92 Å². The fourth-order valence-electron chi connectivity index (χ4n) is 4.43. The lowest BCUT2D eigenvalue weighted by Gasteiger charge is -2.39. The minimum absolute atomic E-state index is 0.106. The van der Waals surface area contributed by atoms with E-state index in [1.54, 1.807) is 6.92 Å². The molecule has 0 saturated carbocycles. The molecule has 4 nitrogen and oxygen atoms in total. The van der Waals surface area contributed by atoms with E-state index < -0.39 is 5.92 Å². The zero-order chi connectivity index (χ0) is 20.6. The van der Waals surface area contributed by atoms with Crippen LogP contribution in [0.2, 0.25) is 0 Å². The lowest BCUT2D eigenvalue weighted by molar-refractivity contribution is -0.146. The van der Waals surface area contributed by atoms with Crippen LogP contribution in [0.15, 0.2) is 40.5 Å². The van der Waals surface area contributed by atoms with Crippen LogP contribution in [0.1, 0.15) is 77.3 Å². The summed E-state index contributed by atoms with van der Waals surface area (Å²) in [4.78, 5) is 30.7. The van der Waals surface area contributed by atoms with Gasteiger partial charge in [-0.3, -0.25) is 14.6 Å². The summed E-state index contributed by atoms with van der Waals surface area (Å²) >= 11 is 0. The average molecular weight is 382 g/mol. The molecule has 2 atom stereocenters. The van der Waals surface area contributed by atoms with Crippen LogP contribution in [0.5, 0.6) is 0 Å². The largest absolute Gasteiger partial charge is 0.465 e. The Bertz CT molecular complexity index is 843. The molecule has 0 aromatic heterocycles. The van der Waals surface area contributed by atoms with Crippen molar-refractivity contribution in [3.8, 4) is 0 Å². The molecule has 1 heterocycles. The van der Waals surface area contributed by atoms with Gasteiger partial charge in [0.2, 0.25) is 0 Å². The third-order valence-corrected chi connectivity index (χ3v) is 5.80. The summed E-state index contributed by atoms with van der Waals surface area (Å²) in [5.41, 5.74) is 4.40. The second-order valence-corrected chi connectivity index (χ2v) is 9.08. The SMILES string of the molecule is CCOC(=O)C1C(C)=NC2=C(C(=O)CC(C)(C)C2)C1c1ccc(C(C)C)cc1. The predicted octanol–water partition coefficient (Wildman–Crippen LogP) is 5.19. The number of carbonyl (C=O) groups is 2. The number of nitrogens with zero attached hydrogens (tertiary/aromatic N) is 1. The van der Waals surface area contributed by atoms with Crippen LogP contribution >= 0.6 is 0 Å². The van der Waals surface area contributed by atoms with Crippen molar-refractivity contribution in [3.63, 3.8) is 0 Å². The maximum absolute atomic E-state index is 13.2. The van der Waals surface area contributed by atoms with Gasteiger partial charge in [-0.2, -0.15) is 0 Å². The third-order valence-electron chi connectivity index (χ3n) is 5.80. The standard InChI is InChI=1S/C24H31NO3/c1-7-28-23(27)20-15(4)25-18-12-24(5,6)13-19(26)22(18)21(20)17-10-8-16(9-11-17)14(2)3/h8-11,14,20-21H,7,12-13H2,1-6H3. The van der Waals surface area contributed by atoms with Crippen molar-refractivity contribution in [2.45, 2.75) is 66.2 Å². The van der Waals surface area contributed by atoms with E-state index in [-0.39, 0.29) is 23.1 Å². The van der Waals surface area contributed by atoms with Gasteiger partial charge in [0.15, 0.2) is 5.78 Å². The number of benzene rings is 1. The van der Waals surface area contributed by atoms with Crippen molar-refractivity contribution < 1.29 is 14.3 Å². The van der Waals surface area contributed by atoms with Crippen LogP contribution in [-0.4, -0.2) is 24.1 Å². The quantitative estimate of drug-likeness (QED) is 0.674. The molecular weight excluding hydrogens is 350 g/mol. The summed E-state index contributed by atoms with van der Waals surface area (Å²) in [6.45, 7) is 12.5. The fraction of sp³-hybridized carbons (Fsp3) is 0.542. The Morgan fingerprint density at radius 1 is 1.21 bits per heavy atom. The Morgan fingerprint density at radius 2 is 1.86 bits per heavy atom. The van der Waals surface area contributed by atoms with Crippen molar-refractivity contribution in [1.82, 2.24) is 0 Å². The molecule has 1 aliphatic carbocycles. The molecule has 0 amide bonds. The highest BCUT2D eigenvalue weighted by Crippen LogP contribution is 2.48. The summed E-state index contributed by atoms with van der Waals surface area (Å²) in [6.07, 6.45) is 1.23. The maximum Gasteiger partial charge on any atom is 0.315 e. The van der Waals surface area contributed by atoms with E-state index in [2.05, 4.69) is 52.0 Å². The molecule has 0 fully saturated rings. The monoisotopic (exact) mass is 381 g/mol. The van der Waals surface area contributed by atoms with Crippen LogP contribution in [0.25, 0.3) is 0 Å². The predicted molar refractivity (Wildman–Crippen MR) is 112 cm³/mol.